The lowest BCUT2D eigenvalue weighted by atomic mass is 9.81. The van der Waals surface area contributed by atoms with Crippen molar-refractivity contribution < 1.29 is 13.2 Å². The molecular formula is C24H27F3N4. The summed E-state index contributed by atoms with van der Waals surface area (Å²) in [7, 11) is 0. The number of imidazole rings is 1. The number of benzene rings is 2. The summed E-state index contributed by atoms with van der Waals surface area (Å²) in [5.74, 6) is 0. The van der Waals surface area contributed by atoms with Gasteiger partial charge in [-0.25, -0.2) is 4.98 Å². The average Bonchev–Trinajstić information content (AvgIpc) is 3.24. The zero-order chi connectivity index (χ0) is 22.8. The highest BCUT2D eigenvalue weighted by atomic mass is 19.4. The summed E-state index contributed by atoms with van der Waals surface area (Å²) in [6.45, 7) is 12.0. The maximum atomic E-state index is 14.1. The van der Waals surface area contributed by atoms with Gasteiger partial charge in [0.15, 0.2) is 5.69 Å². The number of fused-ring (bicyclic) bond motifs is 2. The van der Waals surface area contributed by atoms with Crippen molar-refractivity contribution >= 4 is 21.9 Å². The van der Waals surface area contributed by atoms with E-state index in [4.69, 9.17) is 0 Å². The molecule has 0 radical (unpaired) electrons. The van der Waals surface area contributed by atoms with Crippen LogP contribution in [-0.4, -0.2) is 19.7 Å². The highest BCUT2D eigenvalue weighted by Crippen LogP contribution is 2.42. The molecule has 164 valence electrons. The molecule has 2 aromatic carbocycles. The lowest BCUT2D eigenvalue weighted by Crippen LogP contribution is -2.26. The van der Waals surface area contributed by atoms with Crippen molar-refractivity contribution in [3.63, 3.8) is 0 Å². The lowest BCUT2D eigenvalue weighted by molar-refractivity contribution is -0.140. The molecule has 0 spiro atoms. The number of aromatic amines is 1. The molecule has 4 nitrogen and oxygen atoms in total. The summed E-state index contributed by atoms with van der Waals surface area (Å²) in [6, 6.07) is 9.49. The second-order valence-corrected chi connectivity index (χ2v) is 9.89. The van der Waals surface area contributed by atoms with Crippen molar-refractivity contribution in [2.24, 2.45) is 0 Å². The van der Waals surface area contributed by atoms with Gasteiger partial charge in [-0.05, 0) is 41.2 Å². The molecule has 0 unspecified atom stereocenters. The van der Waals surface area contributed by atoms with Crippen molar-refractivity contribution in [1.82, 2.24) is 19.7 Å². The molecule has 0 saturated heterocycles. The molecule has 0 aliphatic heterocycles. The first-order valence-electron chi connectivity index (χ1n) is 10.3. The Morgan fingerprint density at radius 1 is 1.00 bits per heavy atom. The van der Waals surface area contributed by atoms with E-state index in [1.807, 2.05) is 65.8 Å². The molecule has 2 aromatic heterocycles. The van der Waals surface area contributed by atoms with E-state index in [0.717, 1.165) is 22.2 Å². The molecule has 2 heterocycles. The number of nitrogens with one attached hydrogen (secondary N) is 1. The molecule has 4 rings (SSSR count). The van der Waals surface area contributed by atoms with Crippen LogP contribution in [0.5, 0.6) is 0 Å². The lowest BCUT2D eigenvalue weighted by Gasteiger charge is -2.26. The van der Waals surface area contributed by atoms with Crippen LogP contribution in [0, 0.1) is 6.92 Å². The number of halogens is 3. The predicted molar refractivity (Wildman–Crippen MR) is 117 cm³/mol. The number of nitrogens with zero attached hydrogens (tertiary/aromatic N) is 3. The highest BCUT2D eigenvalue weighted by molar-refractivity contribution is 5.88. The fraction of sp³-hybridized carbons (Fsp3) is 0.417. The fourth-order valence-corrected chi connectivity index (χ4v) is 4.63. The standard InChI is InChI=1S/C24H27F3N4/c1-14-10-11-17-18(19(14)22(2,3)4)21(24(25,26)27)30-31(17)12-23(5,6)15-8-7-9-16-20(15)29-13-28-16/h7-11,13H,12H2,1-6H3,(H,28,29). The van der Waals surface area contributed by atoms with Crippen LogP contribution >= 0.6 is 0 Å². The van der Waals surface area contributed by atoms with Gasteiger partial charge in [-0.1, -0.05) is 52.8 Å². The first kappa shape index (κ1) is 21.4. The number of aromatic nitrogens is 4. The van der Waals surface area contributed by atoms with Gasteiger partial charge in [-0.3, -0.25) is 4.68 Å². The van der Waals surface area contributed by atoms with E-state index in [-0.39, 0.29) is 11.9 Å². The van der Waals surface area contributed by atoms with Gasteiger partial charge >= 0.3 is 6.18 Å². The van der Waals surface area contributed by atoms with Crippen molar-refractivity contribution in [3.05, 3.63) is 59.0 Å². The number of hydrogen-bond acceptors (Lipinski definition) is 2. The smallest absolute Gasteiger partial charge is 0.345 e. The van der Waals surface area contributed by atoms with Crippen LogP contribution < -0.4 is 0 Å². The molecule has 0 fully saturated rings. The minimum absolute atomic E-state index is 0.203. The van der Waals surface area contributed by atoms with Crippen LogP contribution in [0.15, 0.2) is 36.7 Å². The van der Waals surface area contributed by atoms with Crippen molar-refractivity contribution in [3.8, 4) is 0 Å². The molecule has 0 saturated carbocycles. The molecule has 31 heavy (non-hydrogen) atoms. The molecule has 0 aliphatic rings. The first-order chi connectivity index (χ1) is 14.3. The molecule has 1 N–H and O–H groups in total. The van der Waals surface area contributed by atoms with Crippen LogP contribution in [0.2, 0.25) is 0 Å². The number of hydrogen-bond donors (Lipinski definition) is 1. The van der Waals surface area contributed by atoms with Crippen molar-refractivity contribution in [1.29, 1.82) is 0 Å². The van der Waals surface area contributed by atoms with E-state index in [1.54, 1.807) is 12.4 Å². The number of H-pyrrole nitrogens is 1. The summed E-state index contributed by atoms with van der Waals surface area (Å²) >= 11 is 0. The zero-order valence-electron chi connectivity index (χ0n) is 18.6. The molecular weight excluding hydrogens is 401 g/mol. The normalized spacial score (nSPS) is 13.5. The SMILES string of the molecule is Cc1ccc2c(c(C(F)(F)F)nn2CC(C)(C)c2cccc3[nH]cnc23)c1C(C)(C)C. The van der Waals surface area contributed by atoms with Crippen LogP contribution in [-0.2, 0) is 23.6 Å². The van der Waals surface area contributed by atoms with Crippen molar-refractivity contribution in [2.45, 2.75) is 65.1 Å². The third kappa shape index (κ3) is 3.60. The Morgan fingerprint density at radius 3 is 2.35 bits per heavy atom. The maximum Gasteiger partial charge on any atom is 0.435 e. The van der Waals surface area contributed by atoms with Gasteiger partial charge in [0.05, 0.1) is 29.4 Å². The average molecular weight is 429 g/mol. The predicted octanol–water partition coefficient (Wildman–Crippen LogP) is 6.52. The molecule has 0 atom stereocenters. The molecule has 7 heteroatoms. The molecule has 0 aliphatic carbocycles. The summed E-state index contributed by atoms with van der Waals surface area (Å²) < 4.78 is 43.7. The van der Waals surface area contributed by atoms with E-state index in [9.17, 15) is 13.2 Å². The van der Waals surface area contributed by atoms with E-state index >= 15 is 0 Å². The van der Waals surface area contributed by atoms with Crippen LogP contribution in [0.4, 0.5) is 13.2 Å². The second kappa shape index (κ2) is 6.84. The fourth-order valence-electron chi connectivity index (χ4n) is 4.63. The Bertz CT molecular complexity index is 1270. The Morgan fingerprint density at radius 2 is 1.71 bits per heavy atom. The van der Waals surface area contributed by atoms with Gasteiger partial charge in [0.2, 0.25) is 0 Å². The van der Waals surface area contributed by atoms with Gasteiger partial charge in [0.25, 0.3) is 0 Å². The van der Waals surface area contributed by atoms with E-state index in [2.05, 4.69) is 15.1 Å². The Hall–Kier alpha value is -2.83. The second-order valence-electron chi connectivity index (χ2n) is 9.89. The van der Waals surface area contributed by atoms with Gasteiger partial charge in [-0.15, -0.1) is 0 Å². The van der Waals surface area contributed by atoms with Gasteiger partial charge in [0.1, 0.15) is 0 Å². The summed E-state index contributed by atoms with van der Waals surface area (Å²) in [6.07, 6.45) is -2.91. The summed E-state index contributed by atoms with van der Waals surface area (Å²) in [5.41, 5.74) is 2.96. The van der Waals surface area contributed by atoms with E-state index in [1.165, 1.54) is 4.68 Å². The Kier molecular flexibility index (Phi) is 4.72. The van der Waals surface area contributed by atoms with Crippen LogP contribution in [0.25, 0.3) is 21.9 Å². The number of para-hydroxylation sites is 1. The summed E-state index contributed by atoms with van der Waals surface area (Å²) in [5, 5.41) is 4.32. The number of rotatable bonds is 3. The summed E-state index contributed by atoms with van der Waals surface area (Å²) in [4.78, 5) is 7.52. The van der Waals surface area contributed by atoms with Gasteiger partial charge < -0.3 is 4.98 Å². The minimum Gasteiger partial charge on any atom is -0.345 e. The quantitative estimate of drug-likeness (QED) is 0.404. The van der Waals surface area contributed by atoms with E-state index < -0.39 is 22.7 Å². The van der Waals surface area contributed by atoms with Crippen molar-refractivity contribution in [2.75, 3.05) is 0 Å². The number of alkyl halides is 3. The monoisotopic (exact) mass is 428 g/mol. The zero-order valence-corrected chi connectivity index (χ0v) is 18.6. The topological polar surface area (TPSA) is 46.5 Å². The third-order valence-corrected chi connectivity index (χ3v) is 5.87. The van der Waals surface area contributed by atoms with E-state index in [0.29, 0.717) is 11.1 Å². The van der Waals surface area contributed by atoms with Crippen LogP contribution in [0.3, 0.4) is 0 Å². The van der Waals surface area contributed by atoms with Gasteiger partial charge in [-0.2, -0.15) is 18.3 Å². The maximum absolute atomic E-state index is 14.1. The third-order valence-electron chi connectivity index (χ3n) is 5.87. The number of aryl methyl sites for hydroxylation is 1. The Labute approximate surface area is 179 Å². The van der Waals surface area contributed by atoms with Crippen LogP contribution in [0.1, 0.15) is 57.0 Å². The molecule has 0 bridgehead atoms. The van der Waals surface area contributed by atoms with Gasteiger partial charge in [0, 0.05) is 10.8 Å². The molecule has 0 amide bonds. The Balaban J connectivity index is 1.94. The largest absolute Gasteiger partial charge is 0.435 e. The first-order valence-corrected chi connectivity index (χ1v) is 10.3. The molecule has 4 aromatic rings. The minimum atomic E-state index is -4.54. The highest BCUT2D eigenvalue weighted by Gasteiger charge is 2.40.